The predicted octanol–water partition coefficient (Wildman–Crippen LogP) is 2.66. The highest BCUT2D eigenvalue weighted by molar-refractivity contribution is 7.11. The molecule has 1 N–H and O–H groups in total. The van der Waals surface area contributed by atoms with E-state index in [1.165, 1.54) is 4.88 Å². The lowest BCUT2D eigenvalue weighted by Crippen LogP contribution is -1.96. The van der Waals surface area contributed by atoms with Crippen LogP contribution in [0, 0.1) is 13.8 Å². The molecule has 0 spiro atoms. The molecule has 1 atom stereocenters. The first-order valence-electron chi connectivity index (χ1n) is 5.33. The second-order valence-electron chi connectivity index (χ2n) is 4.04. The molecule has 0 bridgehead atoms. The lowest BCUT2D eigenvalue weighted by molar-refractivity contribution is 0.199. The van der Waals surface area contributed by atoms with Gasteiger partial charge in [-0.3, -0.25) is 0 Å². The molecular formula is C12H16N2OS. The van der Waals surface area contributed by atoms with Gasteiger partial charge < -0.3 is 9.67 Å². The average Bonchev–Trinajstić information content (AvgIpc) is 2.76. The number of thiazole rings is 1. The smallest absolute Gasteiger partial charge is 0.113 e. The quantitative estimate of drug-likeness (QED) is 0.889. The van der Waals surface area contributed by atoms with Crippen LogP contribution in [0.1, 0.15) is 34.2 Å². The van der Waals surface area contributed by atoms with E-state index in [1.807, 2.05) is 25.4 Å². The minimum absolute atomic E-state index is 0.402. The third kappa shape index (κ3) is 2.33. The van der Waals surface area contributed by atoms with Crippen molar-refractivity contribution >= 4 is 11.3 Å². The molecule has 86 valence electrons. The lowest BCUT2D eigenvalue weighted by atomic mass is 10.2. The van der Waals surface area contributed by atoms with E-state index in [0.29, 0.717) is 0 Å². The maximum atomic E-state index is 9.43. The van der Waals surface area contributed by atoms with Gasteiger partial charge in [0.25, 0.3) is 0 Å². The Morgan fingerprint density at radius 3 is 2.75 bits per heavy atom. The van der Waals surface area contributed by atoms with Crippen molar-refractivity contribution in [3.63, 3.8) is 0 Å². The van der Waals surface area contributed by atoms with Crippen LogP contribution in [0.5, 0.6) is 0 Å². The van der Waals surface area contributed by atoms with E-state index in [4.69, 9.17) is 0 Å². The summed E-state index contributed by atoms with van der Waals surface area (Å²) < 4.78 is 2.06. The molecule has 0 aliphatic carbocycles. The predicted molar refractivity (Wildman–Crippen MR) is 65.8 cm³/mol. The van der Waals surface area contributed by atoms with E-state index < -0.39 is 6.10 Å². The highest BCUT2D eigenvalue weighted by Gasteiger charge is 2.06. The highest BCUT2D eigenvalue weighted by atomic mass is 32.1. The molecule has 2 rings (SSSR count). The Kier molecular flexibility index (Phi) is 3.12. The first-order chi connectivity index (χ1) is 7.56. The molecule has 0 saturated heterocycles. The van der Waals surface area contributed by atoms with E-state index in [-0.39, 0.29) is 0 Å². The molecule has 0 aliphatic rings. The number of aliphatic hydroxyl groups is 1. The summed E-state index contributed by atoms with van der Waals surface area (Å²) in [5, 5.41) is 10.5. The van der Waals surface area contributed by atoms with Gasteiger partial charge in [-0.1, -0.05) is 0 Å². The van der Waals surface area contributed by atoms with E-state index in [9.17, 15) is 5.11 Å². The molecule has 0 aromatic carbocycles. The van der Waals surface area contributed by atoms with Crippen LogP contribution < -0.4 is 0 Å². The summed E-state index contributed by atoms with van der Waals surface area (Å²) in [6.45, 7) is 6.68. The summed E-state index contributed by atoms with van der Waals surface area (Å²) in [7, 11) is 0. The van der Waals surface area contributed by atoms with Crippen LogP contribution in [-0.2, 0) is 6.54 Å². The average molecular weight is 236 g/mol. The zero-order chi connectivity index (χ0) is 11.7. The van der Waals surface area contributed by atoms with Crippen molar-refractivity contribution in [1.82, 2.24) is 9.55 Å². The van der Waals surface area contributed by atoms with E-state index in [1.54, 1.807) is 18.3 Å². The van der Waals surface area contributed by atoms with Gasteiger partial charge >= 0.3 is 0 Å². The standard InChI is InChI=1S/C12H16N2OS/c1-8-10(3)16-12(13-8)7-14-5-4-11(6-14)9(2)15/h4-6,9,15H,7H2,1-3H3. The van der Waals surface area contributed by atoms with Crippen LogP contribution in [0.3, 0.4) is 0 Å². The van der Waals surface area contributed by atoms with Gasteiger partial charge in [0.1, 0.15) is 5.01 Å². The molecule has 16 heavy (non-hydrogen) atoms. The summed E-state index contributed by atoms with van der Waals surface area (Å²) in [5.41, 5.74) is 2.06. The number of hydrogen-bond acceptors (Lipinski definition) is 3. The lowest BCUT2D eigenvalue weighted by Gasteiger charge is -2.00. The largest absolute Gasteiger partial charge is 0.389 e. The second kappa shape index (κ2) is 4.39. The van der Waals surface area contributed by atoms with E-state index in [0.717, 1.165) is 22.8 Å². The maximum Gasteiger partial charge on any atom is 0.113 e. The van der Waals surface area contributed by atoms with E-state index in [2.05, 4.69) is 16.5 Å². The van der Waals surface area contributed by atoms with Crippen molar-refractivity contribution in [2.75, 3.05) is 0 Å². The number of aromatic nitrogens is 2. The fourth-order valence-electron chi connectivity index (χ4n) is 1.57. The maximum absolute atomic E-state index is 9.43. The Balaban J connectivity index is 2.14. The van der Waals surface area contributed by atoms with Gasteiger partial charge in [-0.25, -0.2) is 4.98 Å². The van der Waals surface area contributed by atoms with Crippen molar-refractivity contribution in [3.8, 4) is 0 Å². The van der Waals surface area contributed by atoms with Crippen molar-refractivity contribution in [2.24, 2.45) is 0 Å². The van der Waals surface area contributed by atoms with Crippen LogP contribution in [0.25, 0.3) is 0 Å². The molecule has 0 fully saturated rings. The Morgan fingerprint density at radius 1 is 1.50 bits per heavy atom. The normalized spacial score (nSPS) is 13.0. The van der Waals surface area contributed by atoms with Gasteiger partial charge in [0.15, 0.2) is 0 Å². The fraction of sp³-hybridized carbons (Fsp3) is 0.417. The summed E-state index contributed by atoms with van der Waals surface area (Å²) >= 11 is 1.73. The number of rotatable bonds is 3. The molecule has 3 nitrogen and oxygen atoms in total. The molecule has 0 saturated carbocycles. The molecule has 0 radical (unpaired) electrons. The molecule has 2 heterocycles. The van der Waals surface area contributed by atoms with Gasteiger partial charge in [-0.2, -0.15) is 0 Å². The molecule has 1 unspecified atom stereocenters. The molecule has 2 aromatic heterocycles. The minimum atomic E-state index is -0.402. The van der Waals surface area contributed by atoms with Crippen LogP contribution in [0.2, 0.25) is 0 Å². The Hall–Kier alpha value is -1.13. The summed E-state index contributed by atoms with van der Waals surface area (Å²) in [6.07, 6.45) is 3.55. The van der Waals surface area contributed by atoms with E-state index >= 15 is 0 Å². The monoisotopic (exact) mass is 236 g/mol. The topological polar surface area (TPSA) is 38.0 Å². The van der Waals surface area contributed by atoms with Crippen LogP contribution in [0.4, 0.5) is 0 Å². The van der Waals surface area contributed by atoms with Gasteiger partial charge in [0, 0.05) is 17.3 Å². The highest BCUT2D eigenvalue weighted by Crippen LogP contribution is 2.19. The van der Waals surface area contributed by atoms with Gasteiger partial charge in [-0.15, -0.1) is 11.3 Å². The van der Waals surface area contributed by atoms with Gasteiger partial charge in [0.05, 0.1) is 18.3 Å². The summed E-state index contributed by atoms with van der Waals surface area (Å²) in [5.74, 6) is 0. The first kappa shape index (κ1) is 11.4. The van der Waals surface area contributed by atoms with Crippen molar-refractivity contribution in [1.29, 1.82) is 0 Å². The molecular weight excluding hydrogens is 220 g/mol. The minimum Gasteiger partial charge on any atom is -0.389 e. The van der Waals surface area contributed by atoms with Crippen LogP contribution >= 0.6 is 11.3 Å². The Labute approximate surface area is 99.4 Å². The van der Waals surface area contributed by atoms with Crippen molar-refractivity contribution in [2.45, 2.75) is 33.4 Å². The zero-order valence-electron chi connectivity index (χ0n) is 9.77. The summed E-state index contributed by atoms with van der Waals surface area (Å²) in [4.78, 5) is 5.77. The first-order valence-corrected chi connectivity index (χ1v) is 6.14. The van der Waals surface area contributed by atoms with Crippen molar-refractivity contribution in [3.05, 3.63) is 39.6 Å². The van der Waals surface area contributed by atoms with Crippen LogP contribution in [-0.4, -0.2) is 14.7 Å². The van der Waals surface area contributed by atoms with Gasteiger partial charge in [-0.05, 0) is 32.4 Å². The van der Waals surface area contributed by atoms with Crippen molar-refractivity contribution < 1.29 is 5.11 Å². The molecule has 2 aromatic rings. The SMILES string of the molecule is Cc1nc(Cn2ccc(C(C)O)c2)sc1C. The Bertz CT molecular complexity index is 465. The molecule has 0 aliphatic heterocycles. The third-order valence-electron chi connectivity index (χ3n) is 2.65. The van der Waals surface area contributed by atoms with Gasteiger partial charge in [0.2, 0.25) is 0 Å². The molecule has 0 amide bonds. The number of nitrogens with zero attached hydrogens (tertiary/aromatic N) is 2. The third-order valence-corrected chi connectivity index (χ3v) is 3.70. The second-order valence-corrected chi connectivity index (χ2v) is 5.33. The van der Waals surface area contributed by atoms with Crippen LogP contribution in [0.15, 0.2) is 18.5 Å². The fourth-order valence-corrected chi connectivity index (χ4v) is 2.51. The number of aliphatic hydroxyl groups excluding tert-OH is 1. The number of aryl methyl sites for hydroxylation is 2. The number of hydrogen-bond donors (Lipinski definition) is 1. The zero-order valence-corrected chi connectivity index (χ0v) is 10.6. The Morgan fingerprint density at radius 2 is 2.25 bits per heavy atom. The summed E-state index contributed by atoms with van der Waals surface area (Å²) in [6, 6.07) is 1.94. The molecule has 4 heteroatoms.